The Morgan fingerprint density at radius 2 is 2.16 bits per heavy atom. The highest BCUT2D eigenvalue weighted by Gasteiger charge is 2.29. The van der Waals surface area contributed by atoms with E-state index in [9.17, 15) is 4.79 Å². The van der Waals surface area contributed by atoms with Crippen LogP contribution in [0.25, 0.3) is 0 Å². The van der Waals surface area contributed by atoms with E-state index in [0.29, 0.717) is 12.5 Å². The third-order valence-electron chi connectivity index (χ3n) is 3.65. The van der Waals surface area contributed by atoms with E-state index < -0.39 is 0 Å². The van der Waals surface area contributed by atoms with Crippen molar-refractivity contribution < 1.29 is 4.79 Å². The molecule has 3 heteroatoms. The normalized spacial score (nSPS) is 17.9. The molecule has 1 atom stereocenters. The highest BCUT2D eigenvalue weighted by atomic mass is 16.2. The molecule has 1 aliphatic heterocycles. The van der Waals surface area contributed by atoms with Gasteiger partial charge in [-0.25, -0.2) is 0 Å². The third kappa shape index (κ3) is 3.35. The predicted molar refractivity (Wildman–Crippen MR) is 79.4 cm³/mol. The average molecular weight is 260 g/mol. The standard InChI is InChI=1S/C16H24N2O/c1-12(2)8-9-17-11-16(19)18-13(3)10-14-6-4-5-7-15(14)18/h4-7,12-13,17H,8-11H2,1-3H3. The van der Waals surface area contributed by atoms with Crippen LogP contribution in [0.1, 0.15) is 32.8 Å². The van der Waals surface area contributed by atoms with Crippen molar-refractivity contribution in [3.63, 3.8) is 0 Å². The topological polar surface area (TPSA) is 32.3 Å². The number of benzene rings is 1. The van der Waals surface area contributed by atoms with Gasteiger partial charge in [-0.3, -0.25) is 4.79 Å². The Labute approximate surface area is 116 Å². The van der Waals surface area contributed by atoms with Gasteiger partial charge in [-0.05, 0) is 43.9 Å². The van der Waals surface area contributed by atoms with E-state index in [2.05, 4.69) is 32.2 Å². The Hall–Kier alpha value is -1.35. The van der Waals surface area contributed by atoms with Crippen LogP contribution in [0, 0.1) is 5.92 Å². The number of nitrogens with zero attached hydrogens (tertiary/aromatic N) is 1. The van der Waals surface area contributed by atoms with Crippen LogP contribution >= 0.6 is 0 Å². The lowest BCUT2D eigenvalue weighted by Gasteiger charge is -2.23. The first-order valence-corrected chi connectivity index (χ1v) is 7.20. The molecule has 0 bridgehead atoms. The van der Waals surface area contributed by atoms with Crippen molar-refractivity contribution in [3.8, 4) is 0 Å². The Morgan fingerprint density at radius 1 is 1.42 bits per heavy atom. The highest BCUT2D eigenvalue weighted by Crippen LogP contribution is 2.31. The smallest absolute Gasteiger partial charge is 0.241 e. The van der Waals surface area contributed by atoms with Crippen molar-refractivity contribution in [2.75, 3.05) is 18.0 Å². The molecular formula is C16H24N2O. The van der Waals surface area contributed by atoms with Crippen molar-refractivity contribution >= 4 is 11.6 Å². The minimum atomic E-state index is 0.182. The molecule has 0 spiro atoms. The molecule has 0 saturated carbocycles. The van der Waals surface area contributed by atoms with Crippen molar-refractivity contribution in [1.82, 2.24) is 5.32 Å². The Morgan fingerprint density at radius 3 is 2.89 bits per heavy atom. The summed E-state index contributed by atoms with van der Waals surface area (Å²) in [6, 6.07) is 8.48. The first-order chi connectivity index (χ1) is 9.09. The van der Waals surface area contributed by atoms with Crippen LogP contribution in [-0.2, 0) is 11.2 Å². The maximum absolute atomic E-state index is 12.3. The summed E-state index contributed by atoms with van der Waals surface area (Å²) in [5.41, 5.74) is 2.37. The predicted octanol–water partition coefficient (Wildman–Crippen LogP) is 2.60. The Kier molecular flexibility index (Phi) is 4.59. The van der Waals surface area contributed by atoms with E-state index in [0.717, 1.165) is 25.1 Å². The Balaban J connectivity index is 1.92. The van der Waals surface area contributed by atoms with Crippen molar-refractivity contribution in [1.29, 1.82) is 0 Å². The molecule has 19 heavy (non-hydrogen) atoms. The molecule has 1 unspecified atom stereocenters. The first kappa shape index (κ1) is 14.1. The number of carbonyl (C=O) groups is 1. The molecule has 1 heterocycles. The van der Waals surface area contributed by atoms with Crippen LogP contribution in [0.15, 0.2) is 24.3 Å². The summed E-state index contributed by atoms with van der Waals surface area (Å²) >= 11 is 0. The van der Waals surface area contributed by atoms with Crippen molar-refractivity contribution in [2.24, 2.45) is 5.92 Å². The summed E-state index contributed by atoms with van der Waals surface area (Å²) < 4.78 is 0. The lowest BCUT2D eigenvalue weighted by molar-refractivity contribution is -0.118. The van der Waals surface area contributed by atoms with Gasteiger partial charge in [0.15, 0.2) is 0 Å². The fourth-order valence-corrected chi connectivity index (χ4v) is 2.62. The van der Waals surface area contributed by atoms with Crippen LogP contribution in [0.2, 0.25) is 0 Å². The number of anilines is 1. The largest absolute Gasteiger partial charge is 0.308 e. The minimum Gasteiger partial charge on any atom is -0.308 e. The van der Waals surface area contributed by atoms with Crippen molar-refractivity contribution in [2.45, 2.75) is 39.7 Å². The zero-order valence-electron chi connectivity index (χ0n) is 12.1. The number of nitrogens with one attached hydrogen (secondary N) is 1. The maximum atomic E-state index is 12.3. The monoisotopic (exact) mass is 260 g/mol. The minimum absolute atomic E-state index is 0.182. The summed E-state index contributed by atoms with van der Waals surface area (Å²) in [7, 11) is 0. The van der Waals surface area contributed by atoms with E-state index in [1.54, 1.807) is 0 Å². The molecule has 1 N–H and O–H groups in total. The van der Waals surface area contributed by atoms with Crippen LogP contribution in [-0.4, -0.2) is 25.0 Å². The van der Waals surface area contributed by atoms with Gasteiger partial charge in [-0.2, -0.15) is 0 Å². The molecule has 0 radical (unpaired) electrons. The van der Waals surface area contributed by atoms with Crippen LogP contribution in [0.3, 0.4) is 0 Å². The van der Waals surface area contributed by atoms with E-state index in [1.807, 2.05) is 23.1 Å². The van der Waals surface area contributed by atoms with Crippen LogP contribution in [0.4, 0.5) is 5.69 Å². The average Bonchev–Trinajstić information content (AvgIpc) is 2.70. The van der Waals surface area contributed by atoms with Gasteiger partial charge in [0.05, 0.1) is 6.54 Å². The quantitative estimate of drug-likeness (QED) is 0.825. The van der Waals surface area contributed by atoms with E-state index in [1.165, 1.54) is 5.56 Å². The number of amides is 1. The van der Waals surface area contributed by atoms with Crippen molar-refractivity contribution in [3.05, 3.63) is 29.8 Å². The van der Waals surface area contributed by atoms with Gasteiger partial charge in [-0.1, -0.05) is 32.0 Å². The molecule has 1 amide bonds. The molecule has 1 aromatic rings. The zero-order chi connectivity index (χ0) is 13.8. The molecule has 3 nitrogen and oxygen atoms in total. The van der Waals surface area contributed by atoms with Crippen LogP contribution in [0.5, 0.6) is 0 Å². The number of para-hydroxylation sites is 1. The summed E-state index contributed by atoms with van der Waals surface area (Å²) in [5, 5.41) is 3.25. The number of rotatable bonds is 5. The molecule has 0 fully saturated rings. The van der Waals surface area contributed by atoms with Gasteiger partial charge in [0.1, 0.15) is 0 Å². The molecule has 104 valence electrons. The van der Waals surface area contributed by atoms with Gasteiger partial charge in [0.25, 0.3) is 0 Å². The lowest BCUT2D eigenvalue weighted by atomic mass is 10.1. The molecule has 2 rings (SSSR count). The Bertz CT molecular complexity index is 442. The second-order valence-corrected chi connectivity index (χ2v) is 5.80. The van der Waals surface area contributed by atoms with Gasteiger partial charge in [0.2, 0.25) is 5.91 Å². The van der Waals surface area contributed by atoms with E-state index in [-0.39, 0.29) is 11.9 Å². The number of hydrogen-bond acceptors (Lipinski definition) is 2. The van der Waals surface area contributed by atoms with E-state index in [4.69, 9.17) is 0 Å². The maximum Gasteiger partial charge on any atom is 0.241 e. The third-order valence-corrected chi connectivity index (χ3v) is 3.65. The molecule has 1 aromatic carbocycles. The lowest BCUT2D eigenvalue weighted by Crippen LogP contribution is -2.41. The first-order valence-electron chi connectivity index (χ1n) is 7.20. The van der Waals surface area contributed by atoms with Gasteiger partial charge in [-0.15, -0.1) is 0 Å². The summed E-state index contributed by atoms with van der Waals surface area (Å²) in [5.74, 6) is 0.857. The number of fused-ring (bicyclic) bond motifs is 1. The molecular weight excluding hydrogens is 236 g/mol. The number of carbonyl (C=O) groups excluding carboxylic acids is 1. The SMILES string of the molecule is CC(C)CCNCC(=O)N1c2ccccc2CC1C. The van der Waals surface area contributed by atoms with Crippen LogP contribution < -0.4 is 10.2 Å². The second kappa shape index (κ2) is 6.20. The molecule has 1 aliphatic rings. The van der Waals surface area contributed by atoms with E-state index >= 15 is 0 Å². The zero-order valence-corrected chi connectivity index (χ0v) is 12.1. The second-order valence-electron chi connectivity index (χ2n) is 5.80. The number of hydrogen-bond donors (Lipinski definition) is 1. The molecule has 0 aliphatic carbocycles. The summed E-state index contributed by atoms with van der Waals surface area (Å²) in [4.78, 5) is 14.3. The summed E-state index contributed by atoms with van der Waals surface area (Å²) in [6.45, 7) is 7.86. The molecule has 0 aromatic heterocycles. The fraction of sp³-hybridized carbons (Fsp3) is 0.562. The van der Waals surface area contributed by atoms with Gasteiger partial charge >= 0.3 is 0 Å². The molecule has 0 saturated heterocycles. The summed E-state index contributed by atoms with van der Waals surface area (Å²) in [6.07, 6.45) is 2.08. The highest BCUT2D eigenvalue weighted by molar-refractivity contribution is 5.97. The van der Waals surface area contributed by atoms with Gasteiger partial charge in [0, 0.05) is 11.7 Å². The fourth-order valence-electron chi connectivity index (χ4n) is 2.62. The van der Waals surface area contributed by atoms with Gasteiger partial charge < -0.3 is 10.2 Å².